The third-order valence-corrected chi connectivity index (χ3v) is 7.60. The standard InChI is InChI=1S/C34H27F3N8O2S/c1-20-29(23-11-7-12-24(18-23)34(35,36)37)31-39-19-25(30(38)45(31)44-20)32(46)47-17-16-22-10-5-6-13-26(22)40-33(48)41-28-15-14-27(42-43-28)21-8-3-2-4-9-21/h2-15,18-19H,16-17,38H2,1H3,(H2,40,41,43,48). The molecular weight excluding hydrogens is 641 g/mol. The van der Waals surface area contributed by atoms with E-state index in [1.54, 1.807) is 13.0 Å². The highest BCUT2D eigenvalue weighted by molar-refractivity contribution is 7.80. The van der Waals surface area contributed by atoms with Gasteiger partial charge in [-0.2, -0.15) is 22.8 Å². The third-order valence-electron chi connectivity index (χ3n) is 7.40. The number of rotatable bonds is 8. The van der Waals surface area contributed by atoms with Crippen molar-refractivity contribution in [3.8, 4) is 22.4 Å². The molecule has 242 valence electrons. The van der Waals surface area contributed by atoms with E-state index in [-0.39, 0.29) is 29.2 Å². The number of fused-ring (bicyclic) bond motifs is 1. The van der Waals surface area contributed by atoms with Gasteiger partial charge in [0.15, 0.2) is 16.6 Å². The lowest BCUT2D eigenvalue weighted by atomic mass is 10.0. The Morgan fingerprint density at radius 2 is 1.69 bits per heavy atom. The number of aryl methyl sites for hydroxylation is 1. The first-order valence-electron chi connectivity index (χ1n) is 14.6. The molecule has 0 radical (unpaired) electrons. The molecule has 6 aromatic rings. The Labute approximate surface area is 277 Å². The number of anilines is 3. The van der Waals surface area contributed by atoms with Gasteiger partial charge in [0, 0.05) is 29.4 Å². The van der Waals surface area contributed by atoms with Crippen molar-refractivity contribution in [1.82, 2.24) is 24.8 Å². The smallest absolute Gasteiger partial charge is 0.416 e. The number of ether oxygens (including phenoxy) is 1. The number of nitrogen functional groups attached to an aromatic ring is 1. The van der Waals surface area contributed by atoms with Gasteiger partial charge < -0.3 is 21.1 Å². The van der Waals surface area contributed by atoms with Gasteiger partial charge in [0.2, 0.25) is 0 Å². The number of nitrogens with one attached hydrogen (secondary N) is 2. The summed E-state index contributed by atoms with van der Waals surface area (Å²) in [5.74, 6) is -0.309. The molecule has 48 heavy (non-hydrogen) atoms. The van der Waals surface area contributed by atoms with E-state index >= 15 is 0 Å². The summed E-state index contributed by atoms with van der Waals surface area (Å²) in [5, 5.41) is 19.3. The zero-order chi connectivity index (χ0) is 33.8. The number of aromatic nitrogens is 5. The highest BCUT2D eigenvalue weighted by Crippen LogP contribution is 2.35. The molecule has 0 atom stereocenters. The van der Waals surface area contributed by atoms with Crippen LogP contribution in [0.5, 0.6) is 0 Å². The van der Waals surface area contributed by atoms with Crippen molar-refractivity contribution in [2.45, 2.75) is 19.5 Å². The number of hydrogen-bond donors (Lipinski definition) is 3. The van der Waals surface area contributed by atoms with Crippen LogP contribution in [0.3, 0.4) is 0 Å². The average Bonchev–Trinajstić information content (AvgIpc) is 3.42. The van der Waals surface area contributed by atoms with Gasteiger partial charge >= 0.3 is 12.1 Å². The summed E-state index contributed by atoms with van der Waals surface area (Å²) in [6.07, 6.45) is -2.93. The average molecular weight is 669 g/mol. The van der Waals surface area contributed by atoms with Crippen LogP contribution >= 0.6 is 12.2 Å². The first-order valence-corrected chi connectivity index (χ1v) is 15.0. The molecule has 0 aliphatic rings. The molecule has 0 unspecified atom stereocenters. The number of nitrogens with zero attached hydrogens (tertiary/aromatic N) is 5. The third kappa shape index (κ3) is 6.93. The number of alkyl halides is 3. The molecule has 3 heterocycles. The maximum Gasteiger partial charge on any atom is 0.416 e. The lowest BCUT2D eigenvalue weighted by Gasteiger charge is -2.14. The van der Waals surface area contributed by atoms with E-state index < -0.39 is 17.7 Å². The number of hydrogen-bond acceptors (Lipinski definition) is 8. The fourth-order valence-corrected chi connectivity index (χ4v) is 5.29. The van der Waals surface area contributed by atoms with Gasteiger partial charge in [-0.1, -0.05) is 60.7 Å². The van der Waals surface area contributed by atoms with Crippen molar-refractivity contribution < 1.29 is 22.7 Å². The van der Waals surface area contributed by atoms with Crippen LogP contribution in [0.2, 0.25) is 0 Å². The Morgan fingerprint density at radius 1 is 0.938 bits per heavy atom. The summed E-state index contributed by atoms with van der Waals surface area (Å²) >= 11 is 5.49. The van der Waals surface area contributed by atoms with E-state index in [4.69, 9.17) is 22.7 Å². The van der Waals surface area contributed by atoms with Crippen LogP contribution in [-0.4, -0.2) is 42.5 Å². The van der Waals surface area contributed by atoms with Gasteiger partial charge in [-0.15, -0.1) is 10.2 Å². The Bertz CT molecular complexity index is 2120. The summed E-state index contributed by atoms with van der Waals surface area (Å²) < 4.78 is 46.7. The van der Waals surface area contributed by atoms with E-state index in [1.807, 2.05) is 60.7 Å². The van der Waals surface area contributed by atoms with E-state index in [2.05, 4.69) is 30.9 Å². The molecule has 0 spiro atoms. The van der Waals surface area contributed by atoms with Crippen molar-refractivity contribution in [3.63, 3.8) is 0 Å². The van der Waals surface area contributed by atoms with E-state index in [1.165, 1.54) is 22.8 Å². The predicted molar refractivity (Wildman–Crippen MR) is 180 cm³/mol. The second-order valence-electron chi connectivity index (χ2n) is 10.6. The Balaban J connectivity index is 1.10. The van der Waals surface area contributed by atoms with Crippen LogP contribution in [0, 0.1) is 6.92 Å². The zero-order valence-corrected chi connectivity index (χ0v) is 26.1. The topological polar surface area (TPSA) is 132 Å². The Hall–Kier alpha value is -5.89. The van der Waals surface area contributed by atoms with Gasteiger partial charge in [0.05, 0.1) is 23.6 Å². The maximum absolute atomic E-state index is 13.3. The molecule has 0 aliphatic heterocycles. The number of carbonyl (C=O) groups excluding carboxylic acids is 1. The number of esters is 1. The molecular formula is C34H27F3N8O2S. The Kier molecular flexibility index (Phi) is 8.99. The monoisotopic (exact) mass is 668 g/mol. The number of halogens is 3. The molecule has 0 saturated heterocycles. The van der Waals surface area contributed by atoms with Crippen molar-refractivity contribution in [1.29, 1.82) is 0 Å². The SMILES string of the molecule is Cc1nn2c(N)c(C(=O)OCCc3ccccc3NC(=S)Nc3ccc(-c4ccccc4)nn3)cnc2c1-c1cccc(C(F)(F)F)c1. The van der Waals surface area contributed by atoms with Gasteiger partial charge in [-0.3, -0.25) is 0 Å². The van der Waals surface area contributed by atoms with Crippen LogP contribution in [0.4, 0.5) is 30.5 Å². The minimum Gasteiger partial charge on any atom is -0.462 e. The minimum absolute atomic E-state index is 0.00916. The van der Waals surface area contributed by atoms with E-state index in [0.29, 0.717) is 34.3 Å². The van der Waals surface area contributed by atoms with Crippen LogP contribution in [0.25, 0.3) is 28.0 Å². The molecule has 0 fully saturated rings. The largest absolute Gasteiger partial charge is 0.462 e. The molecule has 0 saturated carbocycles. The van der Waals surface area contributed by atoms with Gasteiger partial charge in [0.1, 0.15) is 11.4 Å². The minimum atomic E-state index is -4.51. The van der Waals surface area contributed by atoms with Crippen molar-refractivity contribution in [3.05, 3.63) is 120 Å². The van der Waals surface area contributed by atoms with Gasteiger partial charge in [-0.05, 0) is 60.6 Å². The number of para-hydroxylation sites is 1. The van der Waals surface area contributed by atoms with Gasteiger partial charge in [-0.25, -0.2) is 9.78 Å². The summed E-state index contributed by atoms with van der Waals surface area (Å²) in [6.45, 7) is 1.64. The molecule has 0 bridgehead atoms. The molecule has 0 aliphatic carbocycles. The summed E-state index contributed by atoms with van der Waals surface area (Å²) in [7, 11) is 0. The lowest BCUT2D eigenvalue weighted by Crippen LogP contribution is -2.21. The van der Waals surface area contributed by atoms with Crippen molar-refractivity contribution in [2.24, 2.45) is 0 Å². The molecule has 10 nitrogen and oxygen atoms in total. The molecule has 3 aromatic carbocycles. The molecule has 14 heteroatoms. The zero-order valence-electron chi connectivity index (χ0n) is 25.3. The van der Waals surface area contributed by atoms with Gasteiger partial charge in [0.25, 0.3) is 0 Å². The number of benzene rings is 3. The summed E-state index contributed by atoms with van der Waals surface area (Å²) in [6, 6.07) is 25.6. The van der Waals surface area contributed by atoms with Crippen LogP contribution in [0.15, 0.2) is 97.2 Å². The maximum atomic E-state index is 13.3. The summed E-state index contributed by atoms with van der Waals surface area (Å²) in [5.41, 5.74) is 9.92. The fourth-order valence-electron chi connectivity index (χ4n) is 5.08. The summed E-state index contributed by atoms with van der Waals surface area (Å²) in [4.78, 5) is 17.3. The normalized spacial score (nSPS) is 11.3. The molecule has 4 N–H and O–H groups in total. The van der Waals surface area contributed by atoms with Crippen LogP contribution in [0.1, 0.15) is 27.2 Å². The predicted octanol–water partition coefficient (Wildman–Crippen LogP) is 6.97. The van der Waals surface area contributed by atoms with Crippen molar-refractivity contribution >= 4 is 46.3 Å². The van der Waals surface area contributed by atoms with E-state index in [9.17, 15) is 18.0 Å². The fraction of sp³-hybridized carbons (Fsp3) is 0.118. The van der Waals surface area contributed by atoms with Crippen LogP contribution in [-0.2, 0) is 17.3 Å². The van der Waals surface area contributed by atoms with Crippen LogP contribution < -0.4 is 16.4 Å². The number of carbonyl (C=O) groups is 1. The first-order chi connectivity index (χ1) is 23.1. The number of thiocarbonyl (C=S) groups is 1. The second kappa shape index (κ2) is 13.5. The highest BCUT2D eigenvalue weighted by atomic mass is 32.1. The lowest BCUT2D eigenvalue weighted by molar-refractivity contribution is -0.137. The van der Waals surface area contributed by atoms with Crippen molar-refractivity contribution in [2.75, 3.05) is 23.0 Å². The quantitative estimate of drug-likeness (QED) is 0.115. The Morgan fingerprint density at radius 3 is 2.44 bits per heavy atom. The molecule has 3 aromatic heterocycles. The molecule has 6 rings (SSSR count). The molecule has 0 amide bonds. The first kappa shape index (κ1) is 32.1. The number of nitrogens with two attached hydrogens (primary N) is 1. The second-order valence-corrected chi connectivity index (χ2v) is 11.0. The van der Waals surface area contributed by atoms with E-state index in [0.717, 1.165) is 29.0 Å². The highest BCUT2D eigenvalue weighted by Gasteiger charge is 2.31.